The third-order valence-corrected chi connectivity index (χ3v) is 2.44. The van der Waals surface area contributed by atoms with Crippen LogP contribution in [0.15, 0.2) is 30.3 Å². The lowest BCUT2D eigenvalue weighted by Crippen LogP contribution is -2.12. The standard InChI is InChI=1S/C13H15N3O/c1-2-7-17-12-8-10(13(14)15)9-5-3-4-6-11(9)16-12/h3-6,8H,2,7H2,1H3,(H3,14,15). The van der Waals surface area contributed by atoms with E-state index in [1.165, 1.54) is 0 Å². The first-order valence-electron chi connectivity index (χ1n) is 5.59. The zero-order chi connectivity index (χ0) is 12.3. The van der Waals surface area contributed by atoms with E-state index in [0.717, 1.165) is 17.3 Å². The smallest absolute Gasteiger partial charge is 0.214 e. The number of benzene rings is 1. The summed E-state index contributed by atoms with van der Waals surface area (Å²) >= 11 is 0. The summed E-state index contributed by atoms with van der Waals surface area (Å²) in [5.74, 6) is 0.556. The summed E-state index contributed by atoms with van der Waals surface area (Å²) in [7, 11) is 0. The van der Waals surface area contributed by atoms with Crippen LogP contribution in [0.2, 0.25) is 0 Å². The maximum atomic E-state index is 7.59. The van der Waals surface area contributed by atoms with Crippen molar-refractivity contribution in [3.63, 3.8) is 0 Å². The van der Waals surface area contributed by atoms with Crippen molar-refractivity contribution in [2.24, 2.45) is 5.73 Å². The van der Waals surface area contributed by atoms with Gasteiger partial charge in [-0.15, -0.1) is 0 Å². The molecule has 0 fully saturated rings. The molecule has 0 aliphatic carbocycles. The Balaban J connectivity index is 2.55. The van der Waals surface area contributed by atoms with E-state index in [0.29, 0.717) is 18.1 Å². The van der Waals surface area contributed by atoms with E-state index in [1.54, 1.807) is 6.07 Å². The van der Waals surface area contributed by atoms with Crippen molar-refractivity contribution < 1.29 is 4.74 Å². The second kappa shape index (κ2) is 4.82. The Morgan fingerprint density at radius 3 is 2.88 bits per heavy atom. The SMILES string of the molecule is CCCOc1cc(C(=N)N)c2ccccc2n1. The van der Waals surface area contributed by atoms with Crippen molar-refractivity contribution in [3.05, 3.63) is 35.9 Å². The van der Waals surface area contributed by atoms with E-state index >= 15 is 0 Å². The number of nitrogens with two attached hydrogens (primary N) is 1. The molecule has 17 heavy (non-hydrogen) atoms. The van der Waals surface area contributed by atoms with E-state index < -0.39 is 0 Å². The van der Waals surface area contributed by atoms with Gasteiger partial charge in [0.15, 0.2) is 0 Å². The Morgan fingerprint density at radius 2 is 2.18 bits per heavy atom. The molecular formula is C13H15N3O. The van der Waals surface area contributed by atoms with Crippen LogP contribution in [0, 0.1) is 5.41 Å². The van der Waals surface area contributed by atoms with Crippen molar-refractivity contribution in [1.29, 1.82) is 5.41 Å². The topological polar surface area (TPSA) is 72.0 Å². The molecule has 0 saturated carbocycles. The van der Waals surface area contributed by atoms with Crippen molar-refractivity contribution in [2.45, 2.75) is 13.3 Å². The molecule has 0 aliphatic heterocycles. The van der Waals surface area contributed by atoms with Gasteiger partial charge in [-0.1, -0.05) is 25.1 Å². The summed E-state index contributed by atoms with van der Waals surface area (Å²) in [6, 6.07) is 9.33. The van der Waals surface area contributed by atoms with E-state index in [9.17, 15) is 0 Å². The highest BCUT2D eigenvalue weighted by molar-refractivity contribution is 6.06. The first-order chi connectivity index (χ1) is 8.22. The molecule has 0 radical (unpaired) electrons. The lowest BCUT2D eigenvalue weighted by atomic mass is 10.1. The van der Waals surface area contributed by atoms with Gasteiger partial charge in [0.25, 0.3) is 0 Å². The highest BCUT2D eigenvalue weighted by Crippen LogP contribution is 2.21. The fourth-order valence-electron chi connectivity index (χ4n) is 1.65. The summed E-state index contributed by atoms with van der Waals surface area (Å²) in [5.41, 5.74) is 7.04. The van der Waals surface area contributed by atoms with Gasteiger partial charge in [-0.05, 0) is 12.5 Å². The Hall–Kier alpha value is -2.10. The van der Waals surface area contributed by atoms with Crippen LogP contribution < -0.4 is 10.5 Å². The third kappa shape index (κ3) is 2.36. The van der Waals surface area contributed by atoms with Crippen LogP contribution in [-0.2, 0) is 0 Å². The molecule has 2 aromatic rings. The van der Waals surface area contributed by atoms with Gasteiger partial charge in [0, 0.05) is 17.0 Å². The van der Waals surface area contributed by atoms with Crippen LogP contribution in [0.3, 0.4) is 0 Å². The number of para-hydroxylation sites is 1. The maximum Gasteiger partial charge on any atom is 0.214 e. The number of nitrogens with zero attached hydrogens (tertiary/aromatic N) is 1. The number of fused-ring (bicyclic) bond motifs is 1. The fourth-order valence-corrected chi connectivity index (χ4v) is 1.65. The predicted octanol–water partition coefficient (Wildman–Crippen LogP) is 2.31. The van der Waals surface area contributed by atoms with Crippen molar-refractivity contribution in [2.75, 3.05) is 6.61 Å². The first-order valence-corrected chi connectivity index (χ1v) is 5.59. The van der Waals surface area contributed by atoms with E-state index in [1.807, 2.05) is 31.2 Å². The minimum atomic E-state index is 0.0324. The molecule has 4 heteroatoms. The number of ether oxygens (including phenoxy) is 1. The van der Waals surface area contributed by atoms with Gasteiger partial charge in [0.2, 0.25) is 5.88 Å². The number of nitrogens with one attached hydrogen (secondary N) is 1. The highest BCUT2D eigenvalue weighted by Gasteiger charge is 2.08. The lowest BCUT2D eigenvalue weighted by molar-refractivity contribution is 0.306. The zero-order valence-electron chi connectivity index (χ0n) is 9.73. The number of hydrogen-bond acceptors (Lipinski definition) is 3. The number of rotatable bonds is 4. The van der Waals surface area contributed by atoms with E-state index in [-0.39, 0.29) is 5.84 Å². The third-order valence-electron chi connectivity index (χ3n) is 2.44. The minimum Gasteiger partial charge on any atom is -0.478 e. The number of aromatic nitrogens is 1. The molecule has 2 rings (SSSR count). The summed E-state index contributed by atoms with van der Waals surface area (Å²) in [6.07, 6.45) is 0.921. The summed E-state index contributed by atoms with van der Waals surface area (Å²) in [4.78, 5) is 4.38. The molecule has 0 bridgehead atoms. The van der Waals surface area contributed by atoms with Crippen molar-refractivity contribution in [1.82, 2.24) is 4.98 Å². The molecule has 4 nitrogen and oxygen atoms in total. The number of hydrogen-bond donors (Lipinski definition) is 2. The van der Waals surface area contributed by atoms with Gasteiger partial charge in [0.1, 0.15) is 5.84 Å². The van der Waals surface area contributed by atoms with E-state index in [2.05, 4.69) is 4.98 Å². The van der Waals surface area contributed by atoms with Crippen molar-refractivity contribution >= 4 is 16.7 Å². The predicted molar refractivity (Wildman–Crippen MR) is 68.5 cm³/mol. The second-order valence-corrected chi connectivity index (χ2v) is 3.79. The molecule has 1 aromatic heterocycles. The Morgan fingerprint density at radius 1 is 1.41 bits per heavy atom. The molecule has 0 atom stereocenters. The number of nitrogen functional groups attached to an aromatic ring is 1. The molecule has 0 spiro atoms. The van der Waals surface area contributed by atoms with Crippen LogP contribution in [0.4, 0.5) is 0 Å². The normalized spacial score (nSPS) is 10.4. The van der Waals surface area contributed by atoms with Crippen LogP contribution in [-0.4, -0.2) is 17.4 Å². The lowest BCUT2D eigenvalue weighted by Gasteiger charge is -2.09. The molecule has 3 N–H and O–H groups in total. The monoisotopic (exact) mass is 229 g/mol. The minimum absolute atomic E-state index is 0.0324. The number of pyridine rings is 1. The van der Waals surface area contributed by atoms with Crippen LogP contribution in [0.25, 0.3) is 10.9 Å². The first kappa shape index (κ1) is 11.4. The molecule has 0 amide bonds. The van der Waals surface area contributed by atoms with Gasteiger partial charge in [0.05, 0.1) is 12.1 Å². The van der Waals surface area contributed by atoms with Gasteiger partial charge in [-0.2, -0.15) is 0 Å². The second-order valence-electron chi connectivity index (χ2n) is 3.79. The molecule has 0 unspecified atom stereocenters. The number of amidine groups is 1. The summed E-state index contributed by atoms with van der Waals surface area (Å²) in [6.45, 7) is 2.65. The molecule has 0 aliphatic rings. The van der Waals surface area contributed by atoms with Crippen LogP contribution in [0.1, 0.15) is 18.9 Å². The molecule has 88 valence electrons. The quantitative estimate of drug-likeness (QED) is 0.624. The molecule has 0 saturated heterocycles. The van der Waals surface area contributed by atoms with Gasteiger partial charge in [-0.3, -0.25) is 5.41 Å². The Bertz CT molecular complexity index is 551. The molecule has 1 heterocycles. The largest absolute Gasteiger partial charge is 0.478 e. The highest BCUT2D eigenvalue weighted by atomic mass is 16.5. The Labute approximate surface area is 99.9 Å². The Kier molecular flexibility index (Phi) is 3.23. The zero-order valence-corrected chi connectivity index (χ0v) is 9.73. The van der Waals surface area contributed by atoms with Gasteiger partial charge in [-0.25, -0.2) is 4.98 Å². The van der Waals surface area contributed by atoms with Crippen LogP contribution >= 0.6 is 0 Å². The van der Waals surface area contributed by atoms with Crippen LogP contribution in [0.5, 0.6) is 5.88 Å². The average Bonchev–Trinajstić information content (AvgIpc) is 2.35. The van der Waals surface area contributed by atoms with Gasteiger partial charge < -0.3 is 10.5 Å². The molecule has 1 aromatic carbocycles. The average molecular weight is 229 g/mol. The fraction of sp³-hybridized carbons (Fsp3) is 0.231. The van der Waals surface area contributed by atoms with Crippen molar-refractivity contribution in [3.8, 4) is 5.88 Å². The summed E-state index contributed by atoms with van der Waals surface area (Å²) < 4.78 is 5.49. The van der Waals surface area contributed by atoms with Gasteiger partial charge >= 0.3 is 0 Å². The molecular weight excluding hydrogens is 214 g/mol. The summed E-state index contributed by atoms with van der Waals surface area (Å²) in [5, 5.41) is 8.46. The van der Waals surface area contributed by atoms with E-state index in [4.69, 9.17) is 15.9 Å². The maximum absolute atomic E-state index is 7.59.